The van der Waals surface area contributed by atoms with E-state index in [1.165, 1.54) is 30.3 Å². The lowest BCUT2D eigenvalue weighted by molar-refractivity contribution is -0.111. The Bertz CT molecular complexity index is 1250. The minimum atomic E-state index is -3.86. The van der Waals surface area contributed by atoms with Gasteiger partial charge in [-0.15, -0.1) is 0 Å². The van der Waals surface area contributed by atoms with Crippen molar-refractivity contribution in [2.45, 2.75) is 25.7 Å². The van der Waals surface area contributed by atoms with Gasteiger partial charge in [0.2, 0.25) is 11.8 Å². The molecule has 0 fully saturated rings. The van der Waals surface area contributed by atoms with Gasteiger partial charge in [-0.1, -0.05) is 21.1 Å². The Labute approximate surface area is 194 Å². The van der Waals surface area contributed by atoms with E-state index < -0.39 is 10.0 Å². The standard InChI is InChI=1S/C22H22BrN3O5S/c1-4-30-20-11-6-17(23)13-16(20)5-12-21(27)24-18-7-9-19(10-8-18)32(28,29)26-22-14(2)15(3)25-31-22/h5-13,26H,4H2,1-3H3,(H,24,27). The summed E-state index contributed by atoms with van der Waals surface area (Å²) in [5.41, 5.74) is 2.42. The lowest BCUT2D eigenvalue weighted by atomic mass is 10.2. The lowest BCUT2D eigenvalue weighted by Crippen LogP contribution is -2.13. The Morgan fingerprint density at radius 2 is 1.91 bits per heavy atom. The molecule has 0 spiro atoms. The highest BCUT2D eigenvalue weighted by atomic mass is 79.9. The molecular weight excluding hydrogens is 498 g/mol. The second kappa shape index (κ2) is 10.0. The molecule has 1 amide bonds. The van der Waals surface area contributed by atoms with Crippen molar-refractivity contribution in [1.82, 2.24) is 5.16 Å². The predicted molar refractivity (Wildman–Crippen MR) is 126 cm³/mol. The number of halogens is 1. The molecule has 0 atom stereocenters. The van der Waals surface area contributed by atoms with E-state index in [4.69, 9.17) is 9.26 Å². The molecule has 0 saturated heterocycles. The molecule has 32 heavy (non-hydrogen) atoms. The van der Waals surface area contributed by atoms with Crippen molar-refractivity contribution >= 4 is 49.5 Å². The van der Waals surface area contributed by atoms with Gasteiger partial charge in [-0.25, -0.2) is 13.1 Å². The number of benzene rings is 2. The van der Waals surface area contributed by atoms with Crippen LogP contribution in [0.25, 0.3) is 6.08 Å². The third kappa shape index (κ3) is 5.77. The SMILES string of the molecule is CCOc1ccc(Br)cc1C=CC(=O)Nc1ccc(S(=O)(=O)Nc2onc(C)c2C)cc1. The summed E-state index contributed by atoms with van der Waals surface area (Å²) in [5.74, 6) is 0.372. The maximum absolute atomic E-state index is 12.6. The van der Waals surface area contributed by atoms with Crippen LogP contribution < -0.4 is 14.8 Å². The summed E-state index contributed by atoms with van der Waals surface area (Å²) in [5, 5.41) is 6.43. The van der Waals surface area contributed by atoms with E-state index in [0.717, 1.165) is 10.0 Å². The van der Waals surface area contributed by atoms with E-state index in [2.05, 4.69) is 31.1 Å². The minimum absolute atomic E-state index is 0.0231. The maximum Gasteiger partial charge on any atom is 0.264 e. The van der Waals surface area contributed by atoms with Gasteiger partial charge in [0.15, 0.2) is 0 Å². The molecule has 0 aliphatic rings. The summed E-state index contributed by atoms with van der Waals surface area (Å²) >= 11 is 3.40. The minimum Gasteiger partial charge on any atom is -0.493 e. The van der Waals surface area contributed by atoms with Crippen LogP contribution in [0.15, 0.2) is 62.4 Å². The van der Waals surface area contributed by atoms with Crippen molar-refractivity contribution in [3.63, 3.8) is 0 Å². The van der Waals surface area contributed by atoms with E-state index in [1.54, 1.807) is 19.9 Å². The van der Waals surface area contributed by atoms with Crippen LogP contribution in [0, 0.1) is 13.8 Å². The summed E-state index contributed by atoms with van der Waals surface area (Å²) in [6.07, 6.45) is 3.03. The summed E-state index contributed by atoms with van der Waals surface area (Å²) in [6.45, 7) is 5.82. The number of aromatic nitrogens is 1. The molecule has 3 aromatic rings. The van der Waals surface area contributed by atoms with Crippen molar-refractivity contribution in [3.05, 3.63) is 69.8 Å². The van der Waals surface area contributed by atoms with Gasteiger partial charge in [-0.05, 0) is 69.3 Å². The van der Waals surface area contributed by atoms with Crippen LogP contribution >= 0.6 is 15.9 Å². The third-order valence-electron chi connectivity index (χ3n) is 4.50. The van der Waals surface area contributed by atoms with Crippen LogP contribution in [-0.2, 0) is 14.8 Å². The van der Waals surface area contributed by atoms with E-state index in [9.17, 15) is 13.2 Å². The second-order valence-corrected chi connectivity index (χ2v) is 9.39. The van der Waals surface area contributed by atoms with Gasteiger partial charge in [0.25, 0.3) is 10.0 Å². The number of anilines is 2. The van der Waals surface area contributed by atoms with E-state index in [0.29, 0.717) is 29.3 Å². The van der Waals surface area contributed by atoms with E-state index >= 15 is 0 Å². The normalized spacial score (nSPS) is 11.5. The highest BCUT2D eigenvalue weighted by molar-refractivity contribution is 9.10. The molecule has 10 heteroatoms. The first kappa shape index (κ1) is 23.6. The largest absolute Gasteiger partial charge is 0.493 e. The highest BCUT2D eigenvalue weighted by Crippen LogP contribution is 2.25. The molecule has 0 unspecified atom stereocenters. The molecular formula is C22H22BrN3O5S. The van der Waals surface area contributed by atoms with Crippen LogP contribution in [0.5, 0.6) is 5.75 Å². The van der Waals surface area contributed by atoms with E-state index in [-0.39, 0.29) is 16.7 Å². The van der Waals surface area contributed by atoms with Crippen LogP contribution in [-0.4, -0.2) is 26.1 Å². The van der Waals surface area contributed by atoms with Crippen molar-refractivity contribution in [1.29, 1.82) is 0 Å². The number of aryl methyl sites for hydroxylation is 1. The number of hydrogen-bond donors (Lipinski definition) is 2. The average molecular weight is 520 g/mol. The third-order valence-corrected chi connectivity index (χ3v) is 6.34. The molecule has 1 aromatic heterocycles. The first-order chi connectivity index (χ1) is 15.2. The number of nitrogens with zero attached hydrogens (tertiary/aromatic N) is 1. The van der Waals surface area contributed by atoms with Gasteiger partial charge in [0.05, 0.1) is 17.2 Å². The number of rotatable bonds is 8. The Morgan fingerprint density at radius 1 is 1.19 bits per heavy atom. The topological polar surface area (TPSA) is 111 Å². The molecule has 3 rings (SSSR count). The van der Waals surface area contributed by atoms with Gasteiger partial charge >= 0.3 is 0 Å². The van der Waals surface area contributed by atoms with Crippen molar-refractivity contribution in [2.24, 2.45) is 0 Å². The van der Waals surface area contributed by atoms with Crippen molar-refractivity contribution in [2.75, 3.05) is 16.6 Å². The number of carbonyl (C=O) groups is 1. The molecule has 2 aromatic carbocycles. The van der Waals surface area contributed by atoms with Crippen molar-refractivity contribution in [3.8, 4) is 5.75 Å². The number of nitrogens with one attached hydrogen (secondary N) is 2. The molecule has 2 N–H and O–H groups in total. The molecule has 0 aliphatic carbocycles. The van der Waals surface area contributed by atoms with Gasteiger partial charge in [0, 0.05) is 27.4 Å². The summed E-state index contributed by atoms with van der Waals surface area (Å²) in [6, 6.07) is 11.3. The smallest absolute Gasteiger partial charge is 0.264 e. The number of sulfonamides is 1. The Morgan fingerprint density at radius 3 is 2.53 bits per heavy atom. The van der Waals surface area contributed by atoms with Crippen LogP contribution in [0.3, 0.4) is 0 Å². The van der Waals surface area contributed by atoms with Gasteiger partial charge in [0.1, 0.15) is 5.75 Å². The molecule has 0 aliphatic heterocycles. The van der Waals surface area contributed by atoms with E-state index in [1.807, 2.05) is 25.1 Å². The first-order valence-electron chi connectivity index (χ1n) is 9.66. The summed E-state index contributed by atoms with van der Waals surface area (Å²) in [4.78, 5) is 12.3. The number of hydrogen-bond acceptors (Lipinski definition) is 6. The average Bonchev–Trinajstić information content (AvgIpc) is 3.06. The number of ether oxygens (including phenoxy) is 1. The first-order valence-corrected chi connectivity index (χ1v) is 11.9. The number of amides is 1. The zero-order valence-electron chi connectivity index (χ0n) is 17.7. The fourth-order valence-corrected chi connectivity index (χ4v) is 4.12. The maximum atomic E-state index is 12.6. The molecule has 8 nitrogen and oxygen atoms in total. The van der Waals surface area contributed by atoms with Gasteiger partial charge < -0.3 is 14.6 Å². The second-order valence-electron chi connectivity index (χ2n) is 6.79. The Balaban J connectivity index is 1.68. The van der Waals surface area contributed by atoms with Crippen LogP contribution in [0.1, 0.15) is 23.7 Å². The van der Waals surface area contributed by atoms with Gasteiger partial charge in [-0.2, -0.15) is 0 Å². The summed E-state index contributed by atoms with van der Waals surface area (Å²) < 4.78 is 38.9. The molecule has 1 heterocycles. The lowest BCUT2D eigenvalue weighted by Gasteiger charge is -2.08. The van der Waals surface area contributed by atoms with Crippen molar-refractivity contribution < 1.29 is 22.5 Å². The fourth-order valence-electron chi connectivity index (χ4n) is 2.69. The molecule has 0 radical (unpaired) electrons. The predicted octanol–water partition coefficient (Wildman–Crippen LogP) is 4.91. The monoisotopic (exact) mass is 519 g/mol. The van der Waals surface area contributed by atoms with Gasteiger partial charge in [-0.3, -0.25) is 4.79 Å². The molecule has 168 valence electrons. The zero-order valence-corrected chi connectivity index (χ0v) is 20.1. The quantitative estimate of drug-likeness (QED) is 0.409. The Hall–Kier alpha value is -3.11. The highest BCUT2D eigenvalue weighted by Gasteiger charge is 2.19. The Kier molecular flexibility index (Phi) is 7.37. The molecule has 0 saturated carbocycles. The fraction of sp³-hybridized carbons (Fsp3) is 0.182. The van der Waals surface area contributed by atoms with Crippen LogP contribution in [0.4, 0.5) is 11.6 Å². The zero-order chi connectivity index (χ0) is 23.3. The molecule has 0 bridgehead atoms. The summed E-state index contributed by atoms with van der Waals surface area (Å²) in [7, 11) is -3.86. The number of carbonyl (C=O) groups excluding carboxylic acids is 1. The van der Waals surface area contributed by atoms with Crippen LogP contribution in [0.2, 0.25) is 0 Å².